The number of rotatable bonds is 1. The van der Waals surface area contributed by atoms with Crippen molar-refractivity contribution < 1.29 is 5.11 Å². The first-order valence-corrected chi connectivity index (χ1v) is 5.59. The highest BCUT2D eigenvalue weighted by atomic mass is 35.5. The number of imidazole rings is 1. The molecule has 2 rings (SSSR count). The fourth-order valence-electron chi connectivity index (χ4n) is 1.82. The minimum Gasteiger partial charge on any atom is -0.390 e. The number of aliphatic hydroxyl groups is 1. The summed E-state index contributed by atoms with van der Waals surface area (Å²) in [5, 5.41) is 10.1. The van der Waals surface area contributed by atoms with Crippen molar-refractivity contribution in [1.82, 2.24) is 9.38 Å². The maximum atomic E-state index is 9.46. The molecule has 0 saturated carbocycles. The molecular formula is C12H15ClN2O. The van der Waals surface area contributed by atoms with Crippen molar-refractivity contribution >= 4 is 17.2 Å². The number of hydrogen-bond acceptors (Lipinski definition) is 2. The first kappa shape index (κ1) is 11.4. The molecule has 0 aliphatic carbocycles. The van der Waals surface area contributed by atoms with E-state index < -0.39 is 0 Å². The largest absolute Gasteiger partial charge is 0.390 e. The molecule has 16 heavy (non-hydrogen) atoms. The van der Waals surface area contributed by atoms with Crippen LogP contribution < -0.4 is 0 Å². The van der Waals surface area contributed by atoms with Crippen LogP contribution in [0.5, 0.6) is 0 Å². The normalized spacial score (nSPS) is 12.3. The van der Waals surface area contributed by atoms with E-state index in [9.17, 15) is 5.11 Å². The third-order valence-corrected chi connectivity index (χ3v) is 2.77. The number of nitrogens with zero attached hydrogens (tertiary/aromatic N) is 2. The van der Waals surface area contributed by atoms with E-state index in [-0.39, 0.29) is 12.0 Å². The van der Waals surface area contributed by atoms with Gasteiger partial charge in [0.2, 0.25) is 0 Å². The Morgan fingerprint density at radius 2 is 2.06 bits per heavy atom. The average Bonchev–Trinajstić information content (AvgIpc) is 2.54. The van der Waals surface area contributed by atoms with E-state index >= 15 is 0 Å². The highest BCUT2D eigenvalue weighted by Crippen LogP contribution is 2.27. The lowest BCUT2D eigenvalue weighted by Gasteiger charge is -2.16. The molecule has 86 valence electrons. The Morgan fingerprint density at radius 3 is 2.62 bits per heavy atom. The number of fused-ring (bicyclic) bond motifs is 1. The van der Waals surface area contributed by atoms with Crippen LogP contribution in [0.15, 0.2) is 18.3 Å². The van der Waals surface area contributed by atoms with E-state index in [0.717, 1.165) is 17.0 Å². The molecule has 0 spiro atoms. The van der Waals surface area contributed by atoms with Crippen molar-refractivity contribution in [3.05, 3.63) is 34.7 Å². The van der Waals surface area contributed by atoms with Crippen molar-refractivity contribution in [3.63, 3.8) is 0 Å². The minimum atomic E-state index is -0.0867. The molecule has 0 unspecified atom stereocenters. The zero-order chi connectivity index (χ0) is 11.9. The summed E-state index contributed by atoms with van der Waals surface area (Å²) in [5.41, 5.74) is 2.46. The van der Waals surface area contributed by atoms with Gasteiger partial charge >= 0.3 is 0 Å². The molecule has 0 amide bonds. The molecule has 2 heterocycles. The van der Waals surface area contributed by atoms with Crippen molar-refractivity contribution in [1.29, 1.82) is 0 Å². The molecule has 2 aromatic rings. The lowest BCUT2D eigenvalue weighted by Crippen LogP contribution is -2.14. The Hall–Kier alpha value is -1.06. The standard InChI is InChI=1S/C12H15ClN2O/c1-12(2,3)11-9(7-16)15-6-8(13)4-5-10(15)14-11/h4-6,16H,7H2,1-3H3. The van der Waals surface area contributed by atoms with Gasteiger partial charge in [0.1, 0.15) is 5.65 Å². The van der Waals surface area contributed by atoms with E-state index in [1.807, 2.05) is 10.5 Å². The first-order valence-electron chi connectivity index (χ1n) is 5.21. The maximum absolute atomic E-state index is 9.46. The predicted octanol–water partition coefficient (Wildman–Crippen LogP) is 2.78. The summed E-state index contributed by atoms with van der Waals surface area (Å²) in [5.74, 6) is 0. The van der Waals surface area contributed by atoms with Crippen LogP contribution in [0.25, 0.3) is 5.65 Å². The quantitative estimate of drug-likeness (QED) is 0.830. The molecule has 1 N–H and O–H groups in total. The number of pyridine rings is 1. The smallest absolute Gasteiger partial charge is 0.137 e. The van der Waals surface area contributed by atoms with Gasteiger partial charge in [-0.05, 0) is 12.1 Å². The van der Waals surface area contributed by atoms with E-state index in [1.54, 1.807) is 12.3 Å². The minimum absolute atomic E-state index is 0.0336. The molecule has 0 bridgehead atoms. The lowest BCUT2D eigenvalue weighted by atomic mass is 9.91. The molecule has 0 atom stereocenters. The van der Waals surface area contributed by atoms with Crippen LogP contribution in [0.3, 0.4) is 0 Å². The van der Waals surface area contributed by atoms with E-state index in [1.165, 1.54) is 0 Å². The molecular weight excluding hydrogens is 224 g/mol. The van der Waals surface area contributed by atoms with Gasteiger partial charge < -0.3 is 5.11 Å². The van der Waals surface area contributed by atoms with Crippen LogP contribution in [0.4, 0.5) is 0 Å². The van der Waals surface area contributed by atoms with Crippen LogP contribution in [0, 0.1) is 0 Å². The Kier molecular flexibility index (Phi) is 2.68. The molecule has 0 aliphatic rings. The van der Waals surface area contributed by atoms with Crippen LogP contribution >= 0.6 is 11.6 Å². The lowest BCUT2D eigenvalue weighted by molar-refractivity contribution is 0.272. The molecule has 2 aromatic heterocycles. The Morgan fingerprint density at radius 1 is 1.38 bits per heavy atom. The third kappa shape index (κ3) is 1.81. The van der Waals surface area contributed by atoms with Crippen LogP contribution in [0.2, 0.25) is 5.02 Å². The average molecular weight is 239 g/mol. The Bertz CT molecular complexity index is 526. The van der Waals surface area contributed by atoms with Gasteiger partial charge in [-0.25, -0.2) is 4.98 Å². The van der Waals surface area contributed by atoms with Gasteiger partial charge in [0.25, 0.3) is 0 Å². The second kappa shape index (κ2) is 3.75. The molecule has 0 aromatic carbocycles. The third-order valence-electron chi connectivity index (χ3n) is 2.54. The Balaban J connectivity index is 2.77. The van der Waals surface area contributed by atoms with Gasteiger partial charge in [0.05, 0.1) is 23.0 Å². The predicted molar refractivity (Wildman–Crippen MR) is 64.8 cm³/mol. The zero-order valence-electron chi connectivity index (χ0n) is 9.66. The highest BCUT2D eigenvalue weighted by molar-refractivity contribution is 6.30. The van der Waals surface area contributed by atoms with Crippen LogP contribution in [-0.4, -0.2) is 14.5 Å². The molecule has 0 saturated heterocycles. The summed E-state index contributed by atoms with van der Waals surface area (Å²) < 4.78 is 1.85. The van der Waals surface area contributed by atoms with Gasteiger partial charge in [-0.3, -0.25) is 4.40 Å². The van der Waals surface area contributed by atoms with Crippen molar-refractivity contribution in [2.75, 3.05) is 0 Å². The summed E-state index contributed by atoms with van der Waals surface area (Å²) in [6, 6.07) is 3.66. The number of aliphatic hydroxyl groups excluding tert-OH is 1. The molecule has 0 aliphatic heterocycles. The van der Waals surface area contributed by atoms with Gasteiger partial charge in [-0.2, -0.15) is 0 Å². The topological polar surface area (TPSA) is 37.5 Å². The summed E-state index contributed by atoms with van der Waals surface area (Å²) in [7, 11) is 0. The van der Waals surface area contributed by atoms with E-state index in [2.05, 4.69) is 25.8 Å². The number of hydrogen-bond donors (Lipinski definition) is 1. The van der Waals surface area contributed by atoms with Crippen molar-refractivity contribution in [2.45, 2.75) is 32.8 Å². The fraction of sp³-hybridized carbons (Fsp3) is 0.417. The maximum Gasteiger partial charge on any atom is 0.137 e. The summed E-state index contributed by atoms with van der Waals surface area (Å²) in [6.45, 7) is 6.20. The summed E-state index contributed by atoms with van der Waals surface area (Å²) in [6.07, 6.45) is 1.78. The highest BCUT2D eigenvalue weighted by Gasteiger charge is 2.23. The van der Waals surface area contributed by atoms with Crippen molar-refractivity contribution in [2.24, 2.45) is 0 Å². The number of halogens is 1. The first-order chi connectivity index (χ1) is 7.43. The monoisotopic (exact) mass is 238 g/mol. The van der Waals surface area contributed by atoms with Gasteiger partial charge in [0.15, 0.2) is 0 Å². The number of aromatic nitrogens is 2. The molecule has 4 heteroatoms. The van der Waals surface area contributed by atoms with E-state index in [0.29, 0.717) is 5.02 Å². The van der Waals surface area contributed by atoms with Crippen LogP contribution in [-0.2, 0) is 12.0 Å². The summed E-state index contributed by atoms with van der Waals surface area (Å²) in [4.78, 5) is 4.54. The molecule has 0 fully saturated rings. The van der Waals surface area contributed by atoms with Gasteiger partial charge in [0, 0.05) is 11.6 Å². The molecule has 0 radical (unpaired) electrons. The van der Waals surface area contributed by atoms with Crippen molar-refractivity contribution in [3.8, 4) is 0 Å². The van der Waals surface area contributed by atoms with E-state index in [4.69, 9.17) is 11.6 Å². The summed E-state index contributed by atoms with van der Waals surface area (Å²) >= 11 is 5.94. The zero-order valence-corrected chi connectivity index (χ0v) is 10.4. The van der Waals surface area contributed by atoms with Crippen LogP contribution in [0.1, 0.15) is 32.2 Å². The van der Waals surface area contributed by atoms with Gasteiger partial charge in [-0.1, -0.05) is 32.4 Å². The SMILES string of the molecule is CC(C)(C)c1nc2ccc(Cl)cn2c1CO. The van der Waals surface area contributed by atoms with Gasteiger partial charge in [-0.15, -0.1) is 0 Å². The second-order valence-corrected chi connectivity index (χ2v) is 5.33. The molecule has 3 nitrogen and oxygen atoms in total. The fourth-order valence-corrected chi connectivity index (χ4v) is 1.98. The Labute approximate surface area is 99.7 Å². The second-order valence-electron chi connectivity index (χ2n) is 4.89.